The number of rotatable bonds is 28. The maximum absolute atomic E-state index is 13.4. The van der Waals surface area contributed by atoms with E-state index in [-0.39, 0.29) is 49.2 Å². The number of esters is 3. The Morgan fingerprint density at radius 2 is 1.50 bits per heavy atom. The summed E-state index contributed by atoms with van der Waals surface area (Å²) in [7, 11) is -3.82. The SMILES string of the molecule is C=CCOC(=O)/C=C(C)/C=C/[C@H](OC(=O)CCC(=O)OCC=C)[C@@]1(CCCC)CC[C@]2(CC[C@H](C)[C@@H](C/C=C(C)/C=C/[C@H](O[Si](C)(C)C(C)(C)C)[C@@H](C)CO[Si](CC)(CC)CC)O2)O1. The molecular weight excluding hydrogens is 841 g/mol. The summed E-state index contributed by atoms with van der Waals surface area (Å²) in [5.41, 5.74) is 0.884. The van der Waals surface area contributed by atoms with Crippen molar-refractivity contribution in [2.75, 3.05) is 19.8 Å². The maximum atomic E-state index is 13.4. The van der Waals surface area contributed by atoms with Gasteiger partial charge >= 0.3 is 17.9 Å². The highest BCUT2D eigenvalue weighted by Crippen LogP contribution is 2.51. The van der Waals surface area contributed by atoms with Crippen molar-refractivity contribution >= 4 is 34.5 Å². The van der Waals surface area contributed by atoms with Crippen LogP contribution in [0.15, 0.2) is 72.9 Å². The average Bonchev–Trinajstić information content (AvgIpc) is 3.62. The Balaban J connectivity index is 2.41. The Morgan fingerprint density at radius 1 is 0.875 bits per heavy atom. The van der Waals surface area contributed by atoms with Crippen LogP contribution in [0.1, 0.15) is 140 Å². The first-order valence-electron chi connectivity index (χ1n) is 24.2. The van der Waals surface area contributed by atoms with Crippen molar-refractivity contribution in [3.05, 3.63) is 72.9 Å². The number of carbonyl (C=O) groups excluding carboxylic acids is 3. The van der Waals surface area contributed by atoms with E-state index in [2.05, 4.69) is 114 Å². The normalized spacial score (nSPS) is 23.9. The van der Waals surface area contributed by atoms with E-state index in [4.69, 9.17) is 32.5 Å². The van der Waals surface area contributed by atoms with E-state index >= 15 is 0 Å². The Labute approximate surface area is 390 Å². The van der Waals surface area contributed by atoms with Gasteiger partial charge in [-0.3, -0.25) is 9.59 Å². The van der Waals surface area contributed by atoms with Gasteiger partial charge in [-0.05, 0) is 93.4 Å². The molecule has 364 valence electrons. The predicted octanol–water partition coefficient (Wildman–Crippen LogP) is 12.8. The molecule has 0 aromatic heterocycles. The number of allylic oxidation sites excluding steroid dienone is 4. The molecule has 64 heavy (non-hydrogen) atoms. The van der Waals surface area contributed by atoms with Gasteiger partial charge in [0.2, 0.25) is 0 Å². The van der Waals surface area contributed by atoms with Gasteiger partial charge in [-0.25, -0.2) is 4.79 Å². The first-order chi connectivity index (χ1) is 30.1. The molecule has 0 aromatic carbocycles. The average molecular weight is 929 g/mol. The van der Waals surface area contributed by atoms with Crippen LogP contribution in [0.25, 0.3) is 0 Å². The summed E-state index contributed by atoms with van der Waals surface area (Å²) in [6.45, 7) is 37.0. The number of carbonyl (C=O) groups is 3. The Kier molecular flexibility index (Phi) is 24.2. The van der Waals surface area contributed by atoms with Gasteiger partial charge in [-0.1, -0.05) is 130 Å². The lowest BCUT2D eigenvalue weighted by molar-refractivity contribution is -0.308. The van der Waals surface area contributed by atoms with E-state index in [1.165, 1.54) is 18.2 Å². The molecule has 0 aromatic rings. The van der Waals surface area contributed by atoms with Gasteiger partial charge in [0.15, 0.2) is 22.4 Å². The summed E-state index contributed by atoms with van der Waals surface area (Å²) in [5, 5.41) is 0.0796. The third-order valence-corrected chi connectivity index (χ3v) is 22.9. The van der Waals surface area contributed by atoms with Gasteiger partial charge in [0.1, 0.15) is 24.9 Å². The van der Waals surface area contributed by atoms with Crippen LogP contribution in [0.5, 0.6) is 0 Å². The molecule has 2 aliphatic rings. The second-order valence-corrected chi connectivity index (χ2v) is 29.4. The van der Waals surface area contributed by atoms with Crippen LogP contribution in [0.3, 0.4) is 0 Å². The molecule has 0 amide bonds. The summed E-state index contributed by atoms with van der Waals surface area (Å²) in [6.07, 6.45) is 19.4. The van der Waals surface area contributed by atoms with Crippen LogP contribution >= 0.6 is 0 Å². The van der Waals surface area contributed by atoms with E-state index in [1.54, 1.807) is 19.1 Å². The van der Waals surface area contributed by atoms with Crippen molar-refractivity contribution in [2.24, 2.45) is 11.8 Å². The van der Waals surface area contributed by atoms with Crippen molar-refractivity contribution in [3.63, 3.8) is 0 Å². The van der Waals surface area contributed by atoms with Crippen molar-refractivity contribution in [3.8, 4) is 0 Å². The van der Waals surface area contributed by atoms with Crippen molar-refractivity contribution in [2.45, 2.75) is 206 Å². The van der Waals surface area contributed by atoms with Gasteiger partial charge in [0, 0.05) is 31.4 Å². The van der Waals surface area contributed by atoms with Crippen molar-refractivity contribution in [1.29, 1.82) is 0 Å². The first-order valence-corrected chi connectivity index (χ1v) is 29.7. The smallest absolute Gasteiger partial charge is 0.331 e. The minimum Gasteiger partial charge on any atom is -0.461 e. The number of ether oxygens (including phenoxy) is 5. The van der Waals surface area contributed by atoms with Crippen LogP contribution in [0.4, 0.5) is 0 Å². The lowest BCUT2D eigenvalue weighted by Gasteiger charge is -2.44. The molecule has 2 fully saturated rings. The zero-order valence-electron chi connectivity index (χ0n) is 42.3. The zero-order valence-corrected chi connectivity index (χ0v) is 44.3. The van der Waals surface area contributed by atoms with Gasteiger partial charge in [-0.15, -0.1) is 0 Å². The van der Waals surface area contributed by atoms with Gasteiger partial charge in [-0.2, -0.15) is 0 Å². The summed E-state index contributed by atoms with van der Waals surface area (Å²) >= 11 is 0. The maximum Gasteiger partial charge on any atom is 0.331 e. The fourth-order valence-corrected chi connectivity index (χ4v) is 12.1. The van der Waals surface area contributed by atoms with Crippen molar-refractivity contribution < 1.29 is 46.9 Å². The minimum absolute atomic E-state index is 0.0645. The molecule has 0 N–H and O–H groups in total. The van der Waals surface area contributed by atoms with E-state index in [0.717, 1.165) is 55.8 Å². The molecule has 2 aliphatic heterocycles. The summed E-state index contributed by atoms with van der Waals surface area (Å²) < 4.78 is 44.6. The number of hydrogen-bond acceptors (Lipinski definition) is 10. The predicted molar refractivity (Wildman–Crippen MR) is 265 cm³/mol. The fraction of sp³-hybridized carbons (Fsp3) is 0.712. The van der Waals surface area contributed by atoms with E-state index in [0.29, 0.717) is 37.4 Å². The standard InChI is InChI=1S/C52H88O10Si2/c1-16-22-32-51(46(28-25-41(8)38-49(55)57-37-18-3)59-48(54)30-29-47(53)56-36-17-2)34-35-52(62-51)33-31-42(9)44(60-52)26-23-40(7)24-27-45(61-63(14,15)50(11,12)13)43(10)39-58-64(19-4,20-5)21-6/h17-18,23-25,27-28,38,42-46H,2-3,16,19-22,26,29-37,39H2,1,4-15H3/b27-24+,28-25+,40-23+,41-38+/t42-,43-,44+,45-,46-,51+,52-/m0/s1. The highest BCUT2D eigenvalue weighted by atomic mass is 28.4. The van der Waals surface area contributed by atoms with Crippen LogP contribution in [-0.4, -0.2) is 84.1 Å². The molecule has 2 saturated heterocycles. The second kappa shape index (κ2) is 27.1. The molecule has 2 heterocycles. The first kappa shape index (κ1) is 57.3. The highest BCUT2D eigenvalue weighted by molar-refractivity contribution is 6.74. The lowest BCUT2D eigenvalue weighted by atomic mass is 9.85. The van der Waals surface area contributed by atoms with Gasteiger partial charge in [0.05, 0.1) is 25.0 Å². The number of hydrogen-bond donors (Lipinski definition) is 0. The lowest BCUT2D eigenvalue weighted by Crippen LogP contribution is -2.50. The van der Waals surface area contributed by atoms with E-state index in [1.807, 2.05) is 0 Å². The highest BCUT2D eigenvalue weighted by Gasteiger charge is 2.56. The Bertz CT molecular complexity index is 1610. The Hall–Kier alpha value is -2.88. The monoisotopic (exact) mass is 929 g/mol. The molecular formula is C52H88O10Si2. The van der Waals surface area contributed by atoms with Crippen LogP contribution in [0, 0.1) is 11.8 Å². The fourth-order valence-electron chi connectivity index (χ4n) is 8.04. The zero-order chi connectivity index (χ0) is 48.2. The van der Waals surface area contributed by atoms with E-state index in [9.17, 15) is 14.4 Å². The molecule has 0 bridgehead atoms. The van der Waals surface area contributed by atoms with Crippen molar-refractivity contribution in [1.82, 2.24) is 0 Å². The summed E-state index contributed by atoms with van der Waals surface area (Å²) in [4.78, 5) is 38.0. The summed E-state index contributed by atoms with van der Waals surface area (Å²) in [5.74, 6) is -1.87. The van der Waals surface area contributed by atoms with Crippen LogP contribution < -0.4 is 0 Å². The Morgan fingerprint density at radius 3 is 2.11 bits per heavy atom. The van der Waals surface area contributed by atoms with Gasteiger partial charge in [0.25, 0.3) is 0 Å². The molecule has 0 saturated carbocycles. The molecule has 12 heteroatoms. The third kappa shape index (κ3) is 18.1. The second-order valence-electron chi connectivity index (χ2n) is 19.8. The molecule has 1 spiro atoms. The van der Waals surface area contributed by atoms with Gasteiger partial charge < -0.3 is 32.5 Å². The third-order valence-electron chi connectivity index (χ3n) is 13.8. The quantitative estimate of drug-likeness (QED) is 0.0187. The summed E-state index contributed by atoms with van der Waals surface area (Å²) in [6, 6.07) is 3.38. The van der Waals surface area contributed by atoms with E-state index < -0.39 is 52.0 Å². The van der Waals surface area contributed by atoms with Crippen LogP contribution in [-0.2, 0) is 46.9 Å². The molecule has 2 rings (SSSR count). The largest absolute Gasteiger partial charge is 0.461 e. The number of unbranched alkanes of at least 4 members (excludes halogenated alkanes) is 1. The molecule has 10 nitrogen and oxygen atoms in total. The molecule has 7 atom stereocenters. The molecule has 0 unspecified atom stereocenters. The molecule has 0 aliphatic carbocycles. The topological polar surface area (TPSA) is 116 Å². The minimum atomic E-state index is -2.08. The molecule has 0 radical (unpaired) electrons. The van der Waals surface area contributed by atoms with Crippen LogP contribution in [0.2, 0.25) is 36.3 Å².